The molecule has 0 atom stereocenters. The van der Waals surface area contributed by atoms with Gasteiger partial charge in [0, 0.05) is 22.9 Å². The van der Waals surface area contributed by atoms with Gasteiger partial charge in [-0.2, -0.15) is 0 Å². The number of nitrogens with one attached hydrogen (secondary N) is 1. The van der Waals surface area contributed by atoms with Crippen molar-refractivity contribution < 1.29 is 0 Å². The quantitative estimate of drug-likeness (QED) is 0.720. The molecule has 3 aromatic rings. The molecule has 0 aliphatic heterocycles. The van der Waals surface area contributed by atoms with Crippen LogP contribution in [0.5, 0.6) is 0 Å². The van der Waals surface area contributed by atoms with E-state index in [4.69, 9.17) is 0 Å². The minimum atomic E-state index is 0.807. The number of rotatable bonds is 4. The number of benzene rings is 1. The standard InChI is InChI=1S/C18H20BrN3/c1-4-14-7-5-6-8-15(14)10-20-17-9-16(19)11-22-13(3)12(2)21-18(17)22/h5-9,11,20H,4,10H2,1-3H3. The van der Waals surface area contributed by atoms with E-state index in [1.54, 1.807) is 0 Å². The molecule has 2 heterocycles. The summed E-state index contributed by atoms with van der Waals surface area (Å²) in [6.45, 7) is 7.14. The molecule has 0 spiro atoms. The van der Waals surface area contributed by atoms with Crippen molar-refractivity contribution >= 4 is 27.3 Å². The van der Waals surface area contributed by atoms with Crippen LogP contribution in [-0.2, 0) is 13.0 Å². The van der Waals surface area contributed by atoms with Crippen LogP contribution in [0.15, 0.2) is 41.0 Å². The first kappa shape index (κ1) is 15.1. The van der Waals surface area contributed by atoms with E-state index in [-0.39, 0.29) is 0 Å². The van der Waals surface area contributed by atoms with Crippen molar-refractivity contribution in [3.8, 4) is 0 Å². The summed E-state index contributed by atoms with van der Waals surface area (Å²) in [7, 11) is 0. The summed E-state index contributed by atoms with van der Waals surface area (Å²) >= 11 is 3.59. The van der Waals surface area contributed by atoms with Gasteiger partial charge in [0.25, 0.3) is 0 Å². The summed E-state index contributed by atoms with van der Waals surface area (Å²) in [5.74, 6) is 0. The number of halogens is 1. The average molecular weight is 358 g/mol. The molecule has 22 heavy (non-hydrogen) atoms. The Balaban J connectivity index is 1.95. The van der Waals surface area contributed by atoms with Gasteiger partial charge in [-0.25, -0.2) is 4.98 Å². The molecule has 0 radical (unpaired) electrons. The van der Waals surface area contributed by atoms with Gasteiger partial charge in [0.1, 0.15) is 0 Å². The second-order valence-electron chi connectivity index (χ2n) is 5.52. The van der Waals surface area contributed by atoms with Crippen LogP contribution >= 0.6 is 15.9 Å². The van der Waals surface area contributed by atoms with Gasteiger partial charge in [0.05, 0.1) is 11.4 Å². The predicted octanol–water partition coefficient (Wildman–Crippen LogP) is 4.89. The summed E-state index contributed by atoms with van der Waals surface area (Å²) in [4.78, 5) is 4.69. The summed E-state index contributed by atoms with van der Waals surface area (Å²) in [5.41, 5.74) is 6.99. The lowest BCUT2D eigenvalue weighted by Crippen LogP contribution is -2.04. The molecule has 0 bridgehead atoms. The zero-order valence-corrected chi connectivity index (χ0v) is 14.7. The molecule has 3 rings (SSSR count). The smallest absolute Gasteiger partial charge is 0.160 e. The normalized spacial score (nSPS) is 11.1. The highest BCUT2D eigenvalue weighted by molar-refractivity contribution is 9.10. The highest BCUT2D eigenvalue weighted by atomic mass is 79.9. The molecule has 0 aliphatic carbocycles. The number of hydrogen-bond donors (Lipinski definition) is 1. The van der Waals surface area contributed by atoms with Crippen LogP contribution in [0.4, 0.5) is 5.69 Å². The first-order valence-electron chi connectivity index (χ1n) is 7.55. The Morgan fingerprint density at radius 1 is 1.18 bits per heavy atom. The van der Waals surface area contributed by atoms with Crippen LogP contribution in [0.2, 0.25) is 0 Å². The third-order valence-corrected chi connectivity index (χ3v) is 4.56. The van der Waals surface area contributed by atoms with E-state index < -0.39 is 0 Å². The molecule has 2 aromatic heterocycles. The number of anilines is 1. The monoisotopic (exact) mass is 357 g/mol. The van der Waals surface area contributed by atoms with Gasteiger partial charge in [-0.05, 0) is 53.4 Å². The molecule has 0 unspecified atom stereocenters. The van der Waals surface area contributed by atoms with Gasteiger partial charge in [0.2, 0.25) is 0 Å². The highest BCUT2D eigenvalue weighted by Gasteiger charge is 2.10. The summed E-state index contributed by atoms with van der Waals surface area (Å²) in [6.07, 6.45) is 3.11. The predicted molar refractivity (Wildman–Crippen MR) is 95.5 cm³/mol. The van der Waals surface area contributed by atoms with Crippen molar-refractivity contribution in [2.24, 2.45) is 0 Å². The fourth-order valence-electron chi connectivity index (χ4n) is 2.73. The van der Waals surface area contributed by atoms with Crippen LogP contribution in [0.25, 0.3) is 5.65 Å². The molecule has 4 heteroatoms. The Kier molecular flexibility index (Phi) is 4.21. The first-order chi connectivity index (χ1) is 10.6. The van der Waals surface area contributed by atoms with E-state index in [1.807, 2.05) is 6.92 Å². The van der Waals surface area contributed by atoms with Gasteiger partial charge in [-0.15, -0.1) is 0 Å². The van der Waals surface area contributed by atoms with Gasteiger partial charge in [-0.3, -0.25) is 0 Å². The molecular formula is C18H20BrN3. The lowest BCUT2D eigenvalue weighted by Gasteiger charge is -2.12. The lowest BCUT2D eigenvalue weighted by atomic mass is 10.1. The summed E-state index contributed by atoms with van der Waals surface area (Å²) in [5, 5.41) is 3.55. The number of pyridine rings is 1. The number of hydrogen-bond acceptors (Lipinski definition) is 2. The second kappa shape index (κ2) is 6.13. The van der Waals surface area contributed by atoms with Crippen molar-refractivity contribution in [2.45, 2.75) is 33.7 Å². The van der Waals surface area contributed by atoms with E-state index in [2.05, 4.69) is 81.0 Å². The molecule has 0 fully saturated rings. The van der Waals surface area contributed by atoms with Crippen molar-refractivity contribution in [1.82, 2.24) is 9.38 Å². The molecule has 1 aromatic carbocycles. The van der Waals surface area contributed by atoms with Crippen LogP contribution < -0.4 is 5.32 Å². The van der Waals surface area contributed by atoms with Crippen LogP contribution in [0, 0.1) is 13.8 Å². The maximum absolute atomic E-state index is 4.69. The number of imidazole rings is 1. The fraction of sp³-hybridized carbons (Fsp3) is 0.278. The van der Waals surface area contributed by atoms with Crippen molar-refractivity contribution in [2.75, 3.05) is 5.32 Å². The average Bonchev–Trinajstić information content (AvgIpc) is 2.81. The van der Waals surface area contributed by atoms with Crippen LogP contribution in [0.1, 0.15) is 29.4 Å². The number of nitrogens with zero attached hydrogens (tertiary/aromatic N) is 2. The topological polar surface area (TPSA) is 29.3 Å². The Hall–Kier alpha value is -1.81. The van der Waals surface area contributed by atoms with Gasteiger partial charge < -0.3 is 9.72 Å². The summed E-state index contributed by atoms with van der Waals surface area (Å²) in [6, 6.07) is 10.7. The van der Waals surface area contributed by atoms with E-state index in [0.717, 1.165) is 34.5 Å². The van der Waals surface area contributed by atoms with Crippen molar-refractivity contribution in [3.05, 3.63) is 63.5 Å². The van der Waals surface area contributed by atoms with Gasteiger partial charge >= 0.3 is 0 Å². The molecule has 3 nitrogen and oxygen atoms in total. The zero-order valence-electron chi connectivity index (χ0n) is 13.2. The molecular weight excluding hydrogens is 338 g/mol. The zero-order chi connectivity index (χ0) is 15.7. The van der Waals surface area contributed by atoms with E-state index in [1.165, 1.54) is 16.8 Å². The van der Waals surface area contributed by atoms with Crippen molar-refractivity contribution in [3.63, 3.8) is 0 Å². The third-order valence-electron chi connectivity index (χ3n) is 4.13. The van der Waals surface area contributed by atoms with Gasteiger partial charge in [-0.1, -0.05) is 31.2 Å². The van der Waals surface area contributed by atoms with E-state index >= 15 is 0 Å². The minimum absolute atomic E-state index is 0.807. The van der Waals surface area contributed by atoms with E-state index in [0.29, 0.717) is 0 Å². The Bertz CT molecular complexity index is 821. The Labute approximate surface area is 139 Å². The van der Waals surface area contributed by atoms with Crippen LogP contribution in [-0.4, -0.2) is 9.38 Å². The molecule has 0 saturated heterocycles. The summed E-state index contributed by atoms with van der Waals surface area (Å²) < 4.78 is 3.18. The second-order valence-corrected chi connectivity index (χ2v) is 6.44. The maximum Gasteiger partial charge on any atom is 0.160 e. The molecule has 0 amide bonds. The molecule has 0 aliphatic rings. The van der Waals surface area contributed by atoms with Crippen molar-refractivity contribution in [1.29, 1.82) is 0 Å². The maximum atomic E-state index is 4.69. The largest absolute Gasteiger partial charge is 0.378 e. The van der Waals surface area contributed by atoms with Gasteiger partial charge in [0.15, 0.2) is 5.65 Å². The Morgan fingerprint density at radius 2 is 1.91 bits per heavy atom. The number of aromatic nitrogens is 2. The molecule has 0 saturated carbocycles. The Morgan fingerprint density at radius 3 is 2.64 bits per heavy atom. The lowest BCUT2D eigenvalue weighted by molar-refractivity contribution is 1.04. The third kappa shape index (κ3) is 2.75. The number of aryl methyl sites for hydroxylation is 3. The fourth-order valence-corrected chi connectivity index (χ4v) is 3.17. The molecule has 1 N–H and O–H groups in total. The highest BCUT2D eigenvalue weighted by Crippen LogP contribution is 2.25. The first-order valence-corrected chi connectivity index (χ1v) is 8.35. The number of fused-ring (bicyclic) bond motifs is 1. The molecule has 114 valence electrons. The SMILES string of the molecule is CCc1ccccc1CNc1cc(Br)cn2c(C)c(C)nc12. The van der Waals surface area contributed by atoms with E-state index in [9.17, 15) is 0 Å². The van der Waals surface area contributed by atoms with Crippen LogP contribution in [0.3, 0.4) is 0 Å². The minimum Gasteiger partial charge on any atom is -0.378 e.